The lowest BCUT2D eigenvalue weighted by atomic mass is 10.1. The number of hydrogen-bond acceptors (Lipinski definition) is 4. The van der Waals surface area contributed by atoms with Gasteiger partial charge in [0.1, 0.15) is 5.75 Å². The number of fused-ring (bicyclic) bond motifs is 1. The second kappa shape index (κ2) is 6.62. The molecule has 0 bridgehead atoms. The van der Waals surface area contributed by atoms with Crippen LogP contribution < -0.4 is 16.2 Å². The number of primary amides is 1. The molecule has 0 saturated heterocycles. The summed E-state index contributed by atoms with van der Waals surface area (Å²) in [5, 5.41) is 5.26. The summed E-state index contributed by atoms with van der Waals surface area (Å²) in [6.45, 7) is 0.589. The third kappa shape index (κ3) is 3.17. The molecule has 0 aliphatic rings. The van der Waals surface area contributed by atoms with Crippen molar-refractivity contribution in [2.75, 3.05) is 12.8 Å². The van der Waals surface area contributed by atoms with Crippen molar-refractivity contribution in [3.8, 4) is 5.75 Å². The number of nitrogens with zero attached hydrogens (tertiary/aromatic N) is 2. The molecule has 3 rings (SSSR count). The molecular weight excluding hydrogens is 304 g/mol. The summed E-state index contributed by atoms with van der Waals surface area (Å²) in [5.41, 5.74) is 14.4. The summed E-state index contributed by atoms with van der Waals surface area (Å²) < 4.78 is 7.23. The van der Waals surface area contributed by atoms with Crippen molar-refractivity contribution < 1.29 is 9.53 Å². The largest absolute Gasteiger partial charge is 0.496 e. The van der Waals surface area contributed by atoms with Gasteiger partial charge in [0.05, 0.1) is 24.6 Å². The Kier molecular flexibility index (Phi) is 4.37. The molecule has 124 valence electrons. The number of carbonyl (C=O) groups excluding carboxylic acids is 1. The number of rotatable bonds is 6. The van der Waals surface area contributed by atoms with Crippen LogP contribution in [0, 0.1) is 0 Å². The molecule has 1 aromatic heterocycles. The standard InChI is InChI=1S/C18H20N4O2/c1-24-15-7-3-6-14-17(15)18(20)21-22(14)11-13-5-2-4-12(10-13)8-9-16(19)23/h2-7,10H,8-9,11H2,1H3,(H2,19,23)(H2,20,21). The number of benzene rings is 2. The Morgan fingerprint density at radius 2 is 1.96 bits per heavy atom. The normalized spacial score (nSPS) is 10.9. The molecule has 0 aliphatic carbocycles. The monoisotopic (exact) mass is 324 g/mol. The molecule has 2 aromatic carbocycles. The van der Waals surface area contributed by atoms with Crippen LogP contribution in [0.5, 0.6) is 5.75 Å². The third-order valence-electron chi connectivity index (χ3n) is 3.97. The van der Waals surface area contributed by atoms with Crippen LogP contribution in [0.25, 0.3) is 10.9 Å². The number of hydrogen-bond donors (Lipinski definition) is 2. The first-order valence-electron chi connectivity index (χ1n) is 7.73. The molecule has 4 N–H and O–H groups in total. The number of amides is 1. The number of aryl methyl sites for hydroxylation is 1. The zero-order chi connectivity index (χ0) is 17.1. The van der Waals surface area contributed by atoms with Gasteiger partial charge in [0.15, 0.2) is 5.82 Å². The fraction of sp³-hybridized carbons (Fsp3) is 0.222. The van der Waals surface area contributed by atoms with E-state index in [1.54, 1.807) is 7.11 Å². The third-order valence-corrected chi connectivity index (χ3v) is 3.97. The van der Waals surface area contributed by atoms with Crippen LogP contribution in [0.15, 0.2) is 42.5 Å². The number of nitrogen functional groups attached to an aromatic ring is 1. The van der Waals surface area contributed by atoms with E-state index in [2.05, 4.69) is 11.2 Å². The number of carbonyl (C=O) groups is 1. The molecule has 6 heteroatoms. The Morgan fingerprint density at radius 3 is 2.71 bits per heavy atom. The van der Waals surface area contributed by atoms with E-state index in [0.717, 1.165) is 22.0 Å². The molecule has 0 fully saturated rings. The lowest BCUT2D eigenvalue weighted by molar-refractivity contribution is -0.117. The smallest absolute Gasteiger partial charge is 0.217 e. The molecule has 1 heterocycles. The summed E-state index contributed by atoms with van der Waals surface area (Å²) in [6, 6.07) is 13.8. The van der Waals surface area contributed by atoms with Crippen LogP contribution in [-0.4, -0.2) is 22.8 Å². The average molecular weight is 324 g/mol. The van der Waals surface area contributed by atoms with Crippen molar-refractivity contribution in [3.63, 3.8) is 0 Å². The van der Waals surface area contributed by atoms with Gasteiger partial charge in [-0.25, -0.2) is 0 Å². The zero-order valence-electron chi connectivity index (χ0n) is 13.5. The summed E-state index contributed by atoms with van der Waals surface area (Å²) in [6.07, 6.45) is 0.983. The van der Waals surface area contributed by atoms with Gasteiger partial charge in [-0.15, -0.1) is 0 Å². The predicted molar refractivity (Wildman–Crippen MR) is 93.8 cm³/mol. The molecule has 1 amide bonds. The maximum atomic E-state index is 10.9. The minimum Gasteiger partial charge on any atom is -0.496 e. The highest BCUT2D eigenvalue weighted by Crippen LogP contribution is 2.30. The van der Waals surface area contributed by atoms with E-state index >= 15 is 0 Å². The first-order valence-corrected chi connectivity index (χ1v) is 7.73. The van der Waals surface area contributed by atoms with E-state index in [-0.39, 0.29) is 5.91 Å². The van der Waals surface area contributed by atoms with Crippen molar-refractivity contribution in [1.29, 1.82) is 0 Å². The van der Waals surface area contributed by atoms with Crippen molar-refractivity contribution in [2.45, 2.75) is 19.4 Å². The SMILES string of the molecule is COc1cccc2c1c(N)nn2Cc1cccc(CCC(N)=O)c1. The molecular formula is C18H20N4O2. The number of ether oxygens (including phenoxy) is 1. The highest BCUT2D eigenvalue weighted by atomic mass is 16.5. The summed E-state index contributed by atoms with van der Waals surface area (Å²) >= 11 is 0. The molecule has 0 saturated carbocycles. The first kappa shape index (κ1) is 15.9. The number of anilines is 1. The average Bonchev–Trinajstić information content (AvgIpc) is 2.89. The Morgan fingerprint density at radius 1 is 1.21 bits per heavy atom. The molecule has 6 nitrogen and oxygen atoms in total. The van der Waals surface area contributed by atoms with E-state index in [1.165, 1.54) is 0 Å². The van der Waals surface area contributed by atoms with E-state index in [1.807, 2.05) is 41.1 Å². The summed E-state index contributed by atoms with van der Waals surface area (Å²) in [5.74, 6) is 0.872. The Hall–Kier alpha value is -3.02. The Bertz CT molecular complexity index is 886. The van der Waals surface area contributed by atoms with Crippen LogP contribution >= 0.6 is 0 Å². The predicted octanol–water partition coefficient (Wildman–Crippen LogP) is 2.09. The molecule has 0 atom stereocenters. The van der Waals surface area contributed by atoms with Crippen LogP contribution in [0.1, 0.15) is 17.5 Å². The van der Waals surface area contributed by atoms with Crippen LogP contribution in [0.3, 0.4) is 0 Å². The highest BCUT2D eigenvalue weighted by molar-refractivity contribution is 5.94. The van der Waals surface area contributed by atoms with Gasteiger partial charge in [0.2, 0.25) is 5.91 Å². The molecule has 0 aliphatic heterocycles. The second-order valence-electron chi connectivity index (χ2n) is 5.68. The van der Waals surface area contributed by atoms with E-state index in [4.69, 9.17) is 16.2 Å². The Balaban J connectivity index is 1.90. The van der Waals surface area contributed by atoms with E-state index < -0.39 is 0 Å². The Labute approximate surface area is 140 Å². The van der Waals surface area contributed by atoms with Gasteiger partial charge in [-0.1, -0.05) is 30.3 Å². The van der Waals surface area contributed by atoms with E-state index in [9.17, 15) is 4.79 Å². The van der Waals surface area contributed by atoms with Crippen LogP contribution in [-0.2, 0) is 17.8 Å². The molecule has 24 heavy (non-hydrogen) atoms. The quantitative estimate of drug-likeness (QED) is 0.725. The lowest BCUT2D eigenvalue weighted by Gasteiger charge is -2.07. The van der Waals surface area contributed by atoms with Gasteiger partial charge in [0.25, 0.3) is 0 Å². The summed E-state index contributed by atoms with van der Waals surface area (Å²) in [7, 11) is 1.62. The van der Waals surface area contributed by atoms with Crippen molar-refractivity contribution >= 4 is 22.6 Å². The fourth-order valence-corrected chi connectivity index (χ4v) is 2.84. The second-order valence-corrected chi connectivity index (χ2v) is 5.68. The van der Waals surface area contributed by atoms with Crippen molar-refractivity contribution in [3.05, 3.63) is 53.6 Å². The highest BCUT2D eigenvalue weighted by Gasteiger charge is 2.13. The van der Waals surface area contributed by atoms with Crippen LogP contribution in [0.4, 0.5) is 5.82 Å². The molecule has 0 radical (unpaired) electrons. The fourth-order valence-electron chi connectivity index (χ4n) is 2.84. The first-order chi connectivity index (χ1) is 11.6. The lowest BCUT2D eigenvalue weighted by Crippen LogP contribution is -2.11. The number of methoxy groups -OCH3 is 1. The molecule has 3 aromatic rings. The minimum absolute atomic E-state index is 0.293. The number of nitrogens with two attached hydrogens (primary N) is 2. The van der Waals surface area contributed by atoms with Gasteiger partial charge in [0, 0.05) is 6.42 Å². The number of aromatic nitrogens is 2. The summed E-state index contributed by atoms with van der Waals surface area (Å²) in [4.78, 5) is 10.9. The van der Waals surface area contributed by atoms with E-state index in [0.29, 0.717) is 31.0 Å². The minimum atomic E-state index is -0.293. The maximum Gasteiger partial charge on any atom is 0.217 e. The van der Waals surface area contributed by atoms with Gasteiger partial charge in [-0.2, -0.15) is 5.10 Å². The van der Waals surface area contributed by atoms with Gasteiger partial charge in [-0.05, 0) is 29.7 Å². The zero-order valence-corrected chi connectivity index (χ0v) is 13.5. The topological polar surface area (TPSA) is 96.2 Å². The van der Waals surface area contributed by atoms with Crippen molar-refractivity contribution in [1.82, 2.24) is 9.78 Å². The van der Waals surface area contributed by atoms with Crippen LogP contribution in [0.2, 0.25) is 0 Å². The molecule has 0 unspecified atom stereocenters. The van der Waals surface area contributed by atoms with Gasteiger partial charge >= 0.3 is 0 Å². The van der Waals surface area contributed by atoms with Crippen molar-refractivity contribution in [2.24, 2.45) is 5.73 Å². The van der Waals surface area contributed by atoms with Gasteiger partial charge < -0.3 is 16.2 Å². The van der Waals surface area contributed by atoms with Gasteiger partial charge in [-0.3, -0.25) is 9.48 Å². The molecule has 0 spiro atoms. The maximum absolute atomic E-state index is 10.9.